The molecule has 2 rings (SSSR count). The summed E-state index contributed by atoms with van der Waals surface area (Å²) in [7, 11) is 0. The van der Waals surface area contributed by atoms with Gasteiger partial charge in [0.15, 0.2) is 0 Å². The van der Waals surface area contributed by atoms with E-state index in [0.29, 0.717) is 12.2 Å². The highest BCUT2D eigenvalue weighted by molar-refractivity contribution is 9.10. The van der Waals surface area contributed by atoms with Crippen molar-refractivity contribution in [1.29, 1.82) is 0 Å². The molecule has 4 nitrogen and oxygen atoms in total. The number of hydrogen-bond donors (Lipinski definition) is 1. The minimum absolute atomic E-state index is 0.347. The number of carbonyl (C=O) groups is 1. The zero-order valence-corrected chi connectivity index (χ0v) is 13.4. The molecular weight excluding hydrogens is 320 g/mol. The van der Waals surface area contributed by atoms with Crippen molar-refractivity contribution in [3.8, 4) is 0 Å². The predicted octanol–water partition coefficient (Wildman–Crippen LogP) is 3.91. The molecule has 20 heavy (non-hydrogen) atoms. The third-order valence-electron chi connectivity index (χ3n) is 3.02. The number of nitrogens with one attached hydrogen (secondary N) is 1. The van der Waals surface area contributed by atoms with Crippen LogP contribution in [-0.2, 0) is 4.74 Å². The lowest BCUT2D eigenvalue weighted by Crippen LogP contribution is -2.11. The molecule has 0 bridgehead atoms. The van der Waals surface area contributed by atoms with Crippen LogP contribution in [0, 0.1) is 6.92 Å². The topological polar surface area (TPSA) is 51.2 Å². The quantitative estimate of drug-likeness (QED) is 0.860. The molecule has 0 atom stereocenters. The number of ether oxygens (including phenoxy) is 1. The largest absolute Gasteiger partial charge is 0.462 e. The van der Waals surface area contributed by atoms with Gasteiger partial charge in [0, 0.05) is 22.6 Å². The van der Waals surface area contributed by atoms with Crippen LogP contribution in [0.3, 0.4) is 0 Å². The fraction of sp³-hybridized carbons (Fsp3) is 0.333. The molecule has 0 fully saturated rings. The Morgan fingerprint density at radius 2 is 2.15 bits per heavy atom. The number of fused-ring (bicyclic) bond motifs is 1. The Bertz CT molecular complexity index is 656. The van der Waals surface area contributed by atoms with Crippen molar-refractivity contribution in [2.75, 3.05) is 18.5 Å². The molecule has 5 heteroatoms. The Balaban J connectivity index is 2.69. The minimum Gasteiger partial charge on any atom is -0.462 e. The molecule has 106 valence electrons. The molecule has 0 aliphatic rings. The molecule has 0 aliphatic heterocycles. The van der Waals surface area contributed by atoms with Crippen LogP contribution in [0.2, 0.25) is 0 Å². The number of aryl methyl sites for hydroxylation is 1. The zero-order chi connectivity index (χ0) is 14.7. The van der Waals surface area contributed by atoms with Crippen molar-refractivity contribution in [3.63, 3.8) is 0 Å². The third-order valence-corrected chi connectivity index (χ3v) is 4.02. The minimum atomic E-state index is -0.352. The Hall–Kier alpha value is -1.62. The highest BCUT2D eigenvalue weighted by Crippen LogP contribution is 2.32. The summed E-state index contributed by atoms with van der Waals surface area (Å²) in [5.41, 5.74) is 3.19. The second-order valence-electron chi connectivity index (χ2n) is 4.39. The van der Waals surface area contributed by atoms with E-state index in [1.165, 1.54) is 0 Å². The van der Waals surface area contributed by atoms with Gasteiger partial charge in [0.25, 0.3) is 0 Å². The third kappa shape index (κ3) is 2.63. The van der Waals surface area contributed by atoms with Crippen LogP contribution in [-0.4, -0.2) is 24.1 Å². The van der Waals surface area contributed by atoms with E-state index in [2.05, 4.69) is 26.2 Å². The van der Waals surface area contributed by atoms with Gasteiger partial charge in [-0.25, -0.2) is 4.79 Å². The first-order valence-corrected chi connectivity index (χ1v) is 7.38. The van der Waals surface area contributed by atoms with Crippen LogP contribution < -0.4 is 5.32 Å². The normalized spacial score (nSPS) is 10.6. The molecule has 0 saturated heterocycles. The summed E-state index contributed by atoms with van der Waals surface area (Å²) in [6.07, 6.45) is 1.57. The van der Waals surface area contributed by atoms with Gasteiger partial charge in [-0.1, -0.05) is 12.1 Å². The number of halogens is 1. The average molecular weight is 337 g/mol. The van der Waals surface area contributed by atoms with Gasteiger partial charge in [0.05, 0.1) is 17.8 Å². The average Bonchev–Trinajstić information content (AvgIpc) is 2.43. The van der Waals surface area contributed by atoms with E-state index in [-0.39, 0.29) is 5.97 Å². The number of nitrogens with zero attached hydrogens (tertiary/aromatic N) is 1. The molecule has 0 saturated carbocycles. The first kappa shape index (κ1) is 14.8. The van der Waals surface area contributed by atoms with Crippen molar-refractivity contribution in [3.05, 3.63) is 33.9 Å². The lowest BCUT2D eigenvalue weighted by Gasteiger charge is -2.14. The number of rotatable bonds is 4. The van der Waals surface area contributed by atoms with Gasteiger partial charge in [-0.15, -0.1) is 0 Å². The van der Waals surface area contributed by atoms with E-state index in [1.807, 2.05) is 26.0 Å². The van der Waals surface area contributed by atoms with Crippen LogP contribution in [0.15, 0.2) is 22.8 Å². The fourth-order valence-corrected chi connectivity index (χ4v) is 2.51. The molecule has 0 aliphatic carbocycles. The Morgan fingerprint density at radius 1 is 1.40 bits per heavy atom. The highest BCUT2D eigenvalue weighted by Gasteiger charge is 2.17. The van der Waals surface area contributed by atoms with Crippen LogP contribution in [0.25, 0.3) is 10.9 Å². The van der Waals surface area contributed by atoms with Crippen molar-refractivity contribution >= 4 is 38.5 Å². The summed E-state index contributed by atoms with van der Waals surface area (Å²) in [4.78, 5) is 16.4. The van der Waals surface area contributed by atoms with Crippen LogP contribution in [0.5, 0.6) is 0 Å². The smallest absolute Gasteiger partial charge is 0.341 e. The number of esters is 1. The van der Waals surface area contributed by atoms with Crippen molar-refractivity contribution in [2.45, 2.75) is 20.8 Å². The fourth-order valence-electron chi connectivity index (χ4n) is 2.06. The van der Waals surface area contributed by atoms with Gasteiger partial charge >= 0.3 is 5.97 Å². The zero-order valence-electron chi connectivity index (χ0n) is 11.8. The summed E-state index contributed by atoms with van der Waals surface area (Å²) in [5.74, 6) is -0.352. The van der Waals surface area contributed by atoms with Crippen LogP contribution in [0.4, 0.5) is 5.69 Å². The second kappa shape index (κ2) is 6.22. The Morgan fingerprint density at radius 3 is 2.80 bits per heavy atom. The van der Waals surface area contributed by atoms with Gasteiger partial charge in [-0.05, 0) is 42.3 Å². The lowest BCUT2D eigenvalue weighted by molar-refractivity contribution is 0.0527. The molecular formula is C15H17BrN2O2. The number of hydrogen-bond acceptors (Lipinski definition) is 4. The lowest BCUT2D eigenvalue weighted by atomic mass is 10.1. The van der Waals surface area contributed by atoms with Gasteiger partial charge in [-0.2, -0.15) is 0 Å². The number of pyridine rings is 1. The van der Waals surface area contributed by atoms with Crippen molar-refractivity contribution < 1.29 is 9.53 Å². The van der Waals surface area contributed by atoms with E-state index in [1.54, 1.807) is 13.1 Å². The number of carbonyl (C=O) groups excluding carboxylic acids is 1. The summed E-state index contributed by atoms with van der Waals surface area (Å²) in [6, 6.07) is 3.98. The van der Waals surface area contributed by atoms with Crippen molar-refractivity contribution in [1.82, 2.24) is 4.98 Å². The van der Waals surface area contributed by atoms with Gasteiger partial charge in [-0.3, -0.25) is 4.98 Å². The SMILES string of the molecule is CCNc1c(C(=O)OCC)cnc2c(Br)c(C)ccc12. The molecule has 0 radical (unpaired) electrons. The first-order valence-electron chi connectivity index (χ1n) is 6.58. The molecule has 1 heterocycles. The molecule has 1 aromatic carbocycles. The van der Waals surface area contributed by atoms with E-state index in [4.69, 9.17) is 4.74 Å². The highest BCUT2D eigenvalue weighted by atomic mass is 79.9. The summed E-state index contributed by atoms with van der Waals surface area (Å²) in [6.45, 7) is 6.86. The monoisotopic (exact) mass is 336 g/mol. The standard InChI is InChI=1S/C15H17BrN2O2/c1-4-17-13-10-7-6-9(3)12(16)14(10)18-8-11(13)15(19)20-5-2/h6-8H,4-5H2,1-3H3,(H,17,18). The molecule has 0 unspecified atom stereocenters. The summed E-state index contributed by atoms with van der Waals surface area (Å²) in [5, 5.41) is 4.16. The second-order valence-corrected chi connectivity index (χ2v) is 5.18. The predicted molar refractivity (Wildman–Crippen MR) is 84.3 cm³/mol. The maximum Gasteiger partial charge on any atom is 0.341 e. The van der Waals surface area contributed by atoms with Gasteiger partial charge in [0.1, 0.15) is 5.56 Å². The van der Waals surface area contributed by atoms with Crippen molar-refractivity contribution in [2.24, 2.45) is 0 Å². The molecule has 0 spiro atoms. The Labute approximate surface area is 126 Å². The van der Waals surface area contributed by atoms with E-state index in [0.717, 1.165) is 33.2 Å². The number of anilines is 1. The molecule has 2 aromatic rings. The molecule has 1 N–H and O–H groups in total. The number of aromatic nitrogens is 1. The van der Waals surface area contributed by atoms with Crippen LogP contribution >= 0.6 is 15.9 Å². The molecule has 0 amide bonds. The number of benzene rings is 1. The molecule has 1 aromatic heterocycles. The summed E-state index contributed by atoms with van der Waals surface area (Å²) < 4.78 is 6.04. The summed E-state index contributed by atoms with van der Waals surface area (Å²) >= 11 is 3.55. The van der Waals surface area contributed by atoms with E-state index >= 15 is 0 Å². The van der Waals surface area contributed by atoms with E-state index in [9.17, 15) is 4.79 Å². The van der Waals surface area contributed by atoms with E-state index < -0.39 is 0 Å². The van der Waals surface area contributed by atoms with Gasteiger partial charge in [0.2, 0.25) is 0 Å². The first-order chi connectivity index (χ1) is 9.60. The maximum atomic E-state index is 12.0. The van der Waals surface area contributed by atoms with Gasteiger partial charge < -0.3 is 10.1 Å². The maximum absolute atomic E-state index is 12.0. The van der Waals surface area contributed by atoms with Crippen LogP contribution in [0.1, 0.15) is 29.8 Å². The Kier molecular flexibility index (Phi) is 4.60.